The Hall–Kier alpha value is -4.11. The Labute approximate surface area is 289 Å². The fourth-order valence-corrected chi connectivity index (χ4v) is 6.71. The predicted molar refractivity (Wildman–Crippen MR) is 188 cm³/mol. The Bertz CT molecular complexity index is 1670. The molecule has 2 saturated heterocycles. The van der Waals surface area contributed by atoms with E-state index in [-0.39, 0.29) is 19.6 Å². The maximum absolute atomic E-state index is 12.8. The highest BCUT2D eigenvalue weighted by molar-refractivity contribution is 5.78. The molecule has 49 heavy (non-hydrogen) atoms. The number of carboxylic acid groups (broad SMARTS) is 1. The minimum absolute atomic E-state index is 0.100. The van der Waals surface area contributed by atoms with Crippen molar-refractivity contribution in [1.29, 1.82) is 0 Å². The van der Waals surface area contributed by atoms with Gasteiger partial charge in [0.25, 0.3) is 0 Å². The van der Waals surface area contributed by atoms with Gasteiger partial charge in [0.2, 0.25) is 5.79 Å². The average Bonchev–Trinajstić information content (AvgIpc) is 3.46. The van der Waals surface area contributed by atoms with E-state index >= 15 is 0 Å². The number of carboxylic acids is 1. The van der Waals surface area contributed by atoms with Crippen LogP contribution in [0.3, 0.4) is 0 Å². The van der Waals surface area contributed by atoms with E-state index in [0.717, 1.165) is 53.7 Å². The molecule has 0 spiro atoms. The number of aliphatic carboxylic acids is 1. The van der Waals surface area contributed by atoms with Gasteiger partial charge in [0.1, 0.15) is 6.10 Å². The third kappa shape index (κ3) is 8.20. The number of hydrogen-bond donors (Lipinski definition) is 1. The van der Waals surface area contributed by atoms with Gasteiger partial charge in [-0.3, -0.25) is 0 Å². The summed E-state index contributed by atoms with van der Waals surface area (Å²) < 4.78 is 31.8. The zero-order chi connectivity index (χ0) is 34.1. The maximum atomic E-state index is 12.8. The smallest absolute Gasteiger partial charge is 0.338 e. The van der Waals surface area contributed by atoms with Crippen molar-refractivity contribution < 1.29 is 33.6 Å². The van der Waals surface area contributed by atoms with Crippen molar-refractivity contribution in [2.75, 3.05) is 19.8 Å². The van der Waals surface area contributed by atoms with E-state index < -0.39 is 29.6 Å². The largest absolute Gasteiger partial charge is 0.479 e. The van der Waals surface area contributed by atoms with Gasteiger partial charge in [0.15, 0.2) is 5.60 Å². The monoisotopic (exact) mass is 662 g/mol. The Morgan fingerprint density at radius 1 is 0.878 bits per heavy atom. The van der Waals surface area contributed by atoms with Crippen molar-refractivity contribution >= 4 is 5.97 Å². The van der Waals surface area contributed by atoms with Crippen molar-refractivity contribution in [2.45, 2.75) is 75.8 Å². The van der Waals surface area contributed by atoms with Crippen molar-refractivity contribution in [3.05, 3.63) is 155 Å². The normalized spacial score (nSPS) is 23.0. The second-order valence-electron chi connectivity index (χ2n) is 13.1. The molecule has 0 radical (unpaired) electrons. The molecule has 6 rings (SSSR count). The molecule has 7 nitrogen and oxygen atoms in total. The van der Waals surface area contributed by atoms with Crippen LogP contribution in [0.1, 0.15) is 58.2 Å². The molecule has 2 aliphatic rings. The summed E-state index contributed by atoms with van der Waals surface area (Å²) in [6.45, 7) is 7.61. The molecular formula is C42H46O7. The third-order valence-electron chi connectivity index (χ3n) is 9.49. The first-order valence-corrected chi connectivity index (χ1v) is 17.2. The van der Waals surface area contributed by atoms with Crippen molar-refractivity contribution in [1.82, 2.24) is 0 Å². The Balaban J connectivity index is 1.26. The van der Waals surface area contributed by atoms with E-state index in [1.165, 1.54) is 11.1 Å². The van der Waals surface area contributed by atoms with Crippen LogP contribution in [0, 0.1) is 6.92 Å². The van der Waals surface area contributed by atoms with E-state index in [9.17, 15) is 9.90 Å². The number of fused-ring (bicyclic) bond motifs is 2. The van der Waals surface area contributed by atoms with Crippen LogP contribution in [-0.2, 0) is 60.3 Å². The van der Waals surface area contributed by atoms with Crippen LogP contribution in [0.25, 0.3) is 0 Å². The number of benzene rings is 4. The number of carbonyl (C=O) groups is 1. The van der Waals surface area contributed by atoms with Gasteiger partial charge in [0, 0.05) is 18.6 Å². The summed E-state index contributed by atoms with van der Waals surface area (Å²) in [6.07, 6.45) is 4.34. The molecule has 0 amide bonds. The minimum Gasteiger partial charge on any atom is -0.479 e. The number of unbranched alkanes of at least 4 members (excludes halogenated alkanes) is 1. The SMILES string of the molecule is C=CCOCCCCc1ccc(Cc2cc([C@@]34OC[C@@](C(=O)O)(C[C@H](OCc5ccccc5)C3OCc3ccccc3)O4)ccc2C)cc1. The highest BCUT2D eigenvalue weighted by atomic mass is 16.8. The molecule has 2 aliphatic heterocycles. The average molecular weight is 663 g/mol. The molecule has 4 atom stereocenters. The zero-order valence-corrected chi connectivity index (χ0v) is 28.2. The number of rotatable bonds is 17. The second kappa shape index (κ2) is 16.1. The van der Waals surface area contributed by atoms with Gasteiger partial charge in [-0.25, -0.2) is 4.79 Å². The zero-order valence-electron chi connectivity index (χ0n) is 28.2. The van der Waals surface area contributed by atoms with Crippen molar-refractivity contribution in [3.8, 4) is 0 Å². The van der Waals surface area contributed by atoms with Crippen LogP contribution in [-0.4, -0.2) is 48.7 Å². The Morgan fingerprint density at radius 2 is 1.55 bits per heavy atom. The molecule has 4 aromatic carbocycles. The molecule has 256 valence electrons. The quantitative estimate of drug-likeness (QED) is 0.0916. The van der Waals surface area contributed by atoms with E-state index in [1.54, 1.807) is 6.08 Å². The summed E-state index contributed by atoms with van der Waals surface area (Å²) in [6, 6.07) is 34.6. The van der Waals surface area contributed by atoms with Gasteiger partial charge >= 0.3 is 5.97 Å². The van der Waals surface area contributed by atoms with E-state index in [1.807, 2.05) is 66.7 Å². The molecule has 7 heteroatoms. The van der Waals surface area contributed by atoms with Gasteiger partial charge in [0.05, 0.1) is 32.5 Å². The lowest BCUT2D eigenvalue weighted by molar-refractivity contribution is -0.316. The van der Waals surface area contributed by atoms with Gasteiger partial charge in [-0.15, -0.1) is 6.58 Å². The van der Waals surface area contributed by atoms with Crippen molar-refractivity contribution in [3.63, 3.8) is 0 Å². The second-order valence-corrected chi connectivity index (χ2v) is 13.1. The van der Waals surface area contributed by atoms with E-state index in [4.69, 9.17) is 23.7 Å². The lowest BCUT2D eigenvalue weighted by atomic mass is 9.84. The molecule has 2 fully saturated rings. The molecule has 0 aliphatic carbocycles. The van der Waals surface area contributed by atoms with Crippen LogP contribution in [0.5, 0.6) is 0 Å². The van der Waals surface area contributed by atoms with Gasteiger partial charge in [-0.2, -0.15) is 0 Å². The highest BCUT2D eigenvalue weighted by Gasteiger charge is 2.67. The Morgan fingerprint density at radius 3 is 2.22 bits per heavy atom. The van der Waals surface area contributed by atoms with Crippen LogP contribution >= 0.6 is 0 Å². The summed E-state index contributed by atoms with van der Waals surface area (Å²) in [7, 11) is 0. The topological polar surface area (TPSA) is 83.5 Å². The van der Waals surface area contributed by atoms with Gasteiger partial charge in [-0.05, 0) is 72.1 Å². The van der Waals surface area contributed by atoms with Crippen molar-refractivity contribution in [2.24, 2.45) is 0 Å². The number of aryl methyl sites for hydroxylation is 2. The Kier molecular flexibility index (Phi) is 11.4. The molecular weight excluding hydrogens is 616 g/mol. The summed E-state index contributed by atoms with van der Waals surface area (Å²) >= 11 is 0. The van der Waals surface area contributed by atoms with Crippen LogP contribution in [0.15, 0.2) is 116 Å². The molecule has 2 bridgehead atoms. The van der Waals surface area contributed by atoms with Gasteiger partial charge in [-0.1, -0.05) is 103 Å². The first-order chi connectivity index (χ1) is 23.9. The fraction of sp³-hybridized carbons (Fsp3) is 0.357. The van der Waals surface area contributed by atoms with Crippen LogP contribution < -0.4 is 0 Å². The lowest BCUT2D eigenvalue weighted by Crippen LogP contribution is -2.59. The van der Waals surface area contributed by atoms with Gasteiger partial charge < -0.3 is 28.8 Å². The van der Waals surface area contributed by atoms with E-state index in [2.05, 4.69) is 49.9 Å². The third-order valence-corrected chi connectivity index (χ3v) is 9.49. The number of hydrogen-bond acceptors (Lipinski definition) is 6. The minimum atomic E-state index is -1.56. The highest BCUT2D eigenvalue weighted by Crippen LogP contribution is 2.52. The first kappa shape index (κ1) is 34.7. The molecule has 1 N–H and O–H groups in total. The first-order valence-electron chi connectivity index (χ1n) is 17.2. The molecule has 0 saturated carbocycles. The van der Waals surface area contributed by atoms with E-state index in [0.29, 0.717) is 19.6 Å². The lowest BCUT2D eigenvalue weighted by Gasteiger charge is -2.45. The standard InChI is InChI=1S/C42H46O7/c1-3-23-45-24-11-10-12-32-18-20-33(21-19-32)25-36-26-37(22-17-31(36)2)42-39(47-29-35-15-8-5-9-16-35)38(46-28-34-13-6-4-7-14-34)27-41(49-42,30-48-42)40(43)44/h3-9,13-22,26,38-39H,1,10-12,23-25,27-30H2,2H3,(H,43,44)/t38-,39?,41+,42-/m0/s1. The summed E-state index contributed by atoms with van der Waals surface area (Å²) in [5, 5.41) is 10.5. The summed E-state index contributed by atoms with van der Waals surface area (Å²) in [4.78, 5) is 12.8. The maximum Gasteiger partial charge on any atom is 0.338 e. The predicted octanol–water partition coefficient (Wildman–Crippen LogP) is 7.71. The number of ether oxygens (including phenoxy) is 5. The molecule has 2 heterocycles. The molecule has 4 aromatic rings. The fourth-order valence-electron chi connectivity index (χ4n) is 6.71. The van der Waals surface area contributed by atoms with Crippen LogP contribution in [0.4, 0.5) is 0 Å². The summed E-state index contributed by atoms with van der Waals surface area (Å²) in [5.41, 5.74) is 5.86. The molecule has 1 unspecified atom stereocenters. The van der Waals surface area contributed by atoms with Crippen LogP contribution in [0.2, 0.25) is 0 Å². The molecule has 0 aromatic heterocycles. The summed E-state index contributed by atoms with van der Waals surface area (Å²) in [5.74, 6) is -2.55.